The normalized spacial score (nSPS) is 12.2. The molecular weight excluding hydrogens is 254 g/mol. The Morgan fingerprint density at radius 1 is 1.45 bits per heavy atom. The van der Waals surface area contributed by atoms with E-state index < -0.39 is 0 Å². The van der Waals surface area contributed by atoms with Gasteiger partial charge in [0, 0.05) is 12.7 Å². The fourth-order valence-corrected chi connectivity index (χ4v) is 2.17. The van der Waals surface area contributed by atoms with Gasteiger partial charge in [-0.25, -0.2) is 4.79 Å². The summed E-state index contributed by atoms with van der Waals surface area (Å²) < 4.78 is 6.68. The summed E-state index contributed by atoms with van der Waals surface area (Å²) in [4.78, 5) is 11.7. The summed E-state index contributed by atoms with van der Waals surface area (Å²) in [6, 6.07) is 7.94. The van der Waals surface area contributed by atoms with Gasteiger partial charge in [0.05, 0.1) is 24.4 Å². The standard InChI is InChI=1S/C15H19N3O2/c1-3-20-15(19)12-9-17-18(10-12)14(8-16)13-7-5-4-6-11(13)2/h4-7,9-10,14H,3,8,16H2,1-2H3. The van der Waals surface area contributed by atoms with Gasteiger partial charge in [-0.05, 0) is 25.0 Å². The van der Waals surface area contributed by atoms with Crippen molar-refractivity contribution >= 4 is 5.97 Å². The van der Waals surface area contributed by atoms with Crippen LogP contribution in [0.4, 0.5) is 0 Å². The highest BCUT2D eigenvalue weighted by Crippen LogP contribution is 2.20. The average molecular weight is 273 g/mol. The quantitative estimate of drug-likeness (QED) is 0.845. The van der Waals surface area contributed by atoms with Crippen LogP contribution in [0, 0.1) is 6.92 Å². The number of hydrogen-bond acceptors (Lipinski definition) is 4. The SMILES string of the molecule is CCOC(=O)c1cnn(C(CN)c2ccccc2C)c1. The Balaban J connectivity index is 2.29. The minimum absolute atomic E-state index is 0.0839. The Bertz CT molecular complexity index is 592. The summed E-state index contributed by atoms with van der Waals surface area (Å²) in [5, 5.41) is 4.24. The molecule has 0 saturated carbocycles. The van der Waals surface area contributed by atoms with E-state index in [4.69, 9.17) is 10.5 Å². The van der Waals surface area contributed by atoms with Crippen molar-refractivity contribution in [1.29, 1.82) is 0 Å². The number of nitrogens with zero attached hydrogens (tertiary/aromatic N) is 2. The van der Waals surface area contributed by atoms with Crippen molar-refractivity contribution in [2.45, 2.75) is 19.9 Å². The maximum atomic E-state index is 11.7. The lowest BCUT2D eigenvalue weighted by atomic mass is 10.0. The molecule has 106 valence electrons. The van der Waals surface area contributed by atoms with E-state index in [0.29, 0.717) is 18.7 Å². The molecule has 20 heavy (non-hydrogen) atoms. The van der Waals surface area contributed by atoms with Crippen molar-refractivity contribution < 1.29 is 9.53 Å². The first-order valence-corrected chi connectivity index (χ1v) is 6.64. The Kier molecular flexibility index (Phi) is 4.53. The van der Waals surface area contributed by atoms with Crippen LogP contribution >= 0.6 is 0 Å². The van der Waals surface area contributed by atoms with Crippen LogP contribution in [0.3, 0.4) is 0 Å². The van der Waals surface area contributed by atoms with E-state index in [2.05, 4.69) is 5.10 Å². The van der Waals surface area contributed by atoms with Crippen LogP contribution in [0.1, 0.15) is 34.5 Å². The van der Waals surface area contributed by atoms with Gasteiger partial charge in [-0.15, -0.1) is 0 Å². The molecule has 1 unspecified atom stereocenters. The lowest BCUT2D eigenvalue weighted by Crippen LogP contribution is -2.21. The number of ether oxygens (including phenoxy) is 1. The number of benzene rings is 1. The van der Waals surface area contributed by atoms with Crippen molar-refractivity contribution in [3.05, 3.63) is 53.3 Å². The Morgan fingerprint density at radius 3 is 2.85 bits per heavy atom. The molecule has 2 rings (SSSR count). The van der Waals surface area contributed by atoms with Gasteiger partial charge in [0.1, 0.15) is 0 Å². The summed E-state index contributed by atoms with van der Waals surface area (Å²) in [7, 11) is 0. The molecule has 1 atom stereocenters. The average Bonchev–Trinajstić information content (AvgIpc) is 2.92. The van der Waals surface area contributed by atoms with Gasteiger partial charge in [0.25, 0.3) is 0 Å². The summed E-state index contributed by atoms with van der Waals surface area (Å²) in [5.41, 5.74) is 8.57. The summed E-state index contributed by atoms with van der Waals surface area (Å²) in [5.74, 6) is -0.362. The van der Waals surface area contributed by atoms with E-state index in [1.54, 1.807) is 17.8 Å². The fraction of sp³-hybridized carbons (Fsp3) is 0.333. The van der Waals surface area contributed by atoms with Crippen molar-refractivity contribution in [3.8, 4) is 0 Å². The van der Waals surface area contributed by atoms with Gasteiger partial charge in [-0.2, -0.15) is 5.10 Å². The highest BCUT2D eigenvalue weighted by atomic mass is 16.5. The third kappa shape index (κ3) is 2.88. The number of esters is 1. The predicted octanol–water partition coefficient (Wildman–Crippen LogP) is 1.92. The molecule has 0 aliphatic heterocycles. The number of hydrogen-bond donors (Lipinski definition) is 1. The van der Waals surface area contributed by atoms with Crippen LogP contribution in [0.25, 0.3) is 0 Å². The molecule has 0 aliphatic rings. The number of carbonyl (C=O) groups is 1. The molecule has 1 heterocycles. The van der Waals surface area contributed by atoms with E-state index in [1.807, 2.05) is 31.2 Å². The van der Waals surface area contributed by atoms with E-state index >= 15 is 0 Å². The molecule has 0 fully saturated rings. The Hall–Kier alpha value is -2.14. The summed E-state index contributed by atoms with van der Waals surface area (Å²) in [6.07, 6.45) is 3.20. The molecule has 2 N–H and O–H groups in total. The molecule has 0 aliphatic carbocycles. The van der Waals surface area contributed by atoms with Crippen molar-refractivity contribution in [3.63, 3.8) is 0 Å². The second kappa shape index (κ2) is 6.34. The maximum absolute atomic E-state index is 11.7. The largest absolute Gasteiger partial charge is 0.462 e. The van der Waals surface area contributed by atoms with E-state index in [9.17, 15) is 4.79 Å². The number of rotatable bonds is 5. The number of carbonyl (C=O) groups excluding carboxylic acids is 1. The monoisotopic (exact) mass is 273 g/mol. The summed E-state index contributed by atoms with van der Waals surface area (Å²) >= 11 is 0. The second-order valence-electron chi connectivity index (χ2n) is 4.54. The second-order valence-corrected chi connectivity index (χ2v) is 4.54. The zero-order valence-corrected chi connectivity index (χ0v) is 11.7. The minimum Gasteiger partial charge on any atom is -0.462 e. The van der Waals surface area contributed by atoms with E-state index in [-0.39, 0.29) is 12.0 Å². The van der Waals surface area contributed by atoms with Crippen molar-refractivity contribution in [2.24, 2.45) is 5.73 Å². The zero-order chi connectivity index (χ0) is 14.5. The van der Waals surface area contributed by atoms with Gasteiger partial charge >= 0.3 is 5.97 Å². The highest BCUT2D eigenvalue weighted by molar-refractivity contribution is 5.88. The molecule has 0 spiro atoms. The van der Waals surface area contributed by atoms with Gasteiger partial charge in [0.15, 0.2) is 0 Å². The summed E-state index contributed by atoms with van der Waals surface area (Å²) in [6.45, 7) is 4.57. The third-order valence-corrected chi connectivity index (χ3v) is 3.20. The fourth-order valence-electron chi connectivity index (χ4n) is 2.17. The first kappa shape index (κ1) is 14.3. The highest BCUT2D eigenvalue weighted by Gasteiger charge is 2.17. The van der Waals surface area contributed by atoms with Crippen LogP contribution in [0.5, 0.6) is 0 Å². The van der Waals surface area contributed by atoms with Gasteiger partial charge < -0.3 is 10.5 Å². The molecule has 1 aromatic heterocycles. The lowest BCUT2D eigenvalue weighted by molar-refractivity contribution is 0.0526. The van der Waals surface area contributed by atoms with Gasteiger partial charge in [-0.3, -0.25) is 4.68 Å². The maximum Gasteiger partial charge on any atom is 0.341 e. The molecule has 5 nitrogen and oxygen atoms in total. The van der Waals surface area contributed by atoms with Crippen LogP contribution in [0.15, 0.2) is 36.7 Å². The molecule has 0 radical (unpaired) electrons. The van der Waals surface area contributed by atoms with Gasteiger partial charge in [0.2, 0.25) is 0 Å². The number of nitrogens with two attached hydrogens (primary N) is 1. The molecule has 2 aromatic rings. The number of aromatic nitrogens is 2. The van der Waals surface area contributed by atoms with E-state index in [1.165, 1.54) is 6.20 Å². The van der Waals surface area contributed by atoms with Crippen LogP contribution in [0.2, 0.25) is 0 Å². The first-order valence-electron chi connectivity index (χ1n) is 6.64. The molecule has 0 saturated heterocycles. The van der Waals surface area contributed by atoms with Crippen molar-refractivity contribution in [1.82, 2.24) is 9.78 Å². The Labute approximate surface area is 118 Å². The molecular formula is C15H19N3O2. The molecule has 0 amide bonds. The first-order chi connectivity index (χ1) is 9.67. The topological polar surface area (TPSA) is 70.1 Å². The molecule has 0 bridgehead atoms. The lowest BCUT2D eigenvalue weighted by Gasteiger charge is -2.18. The minimum atomic E-state index is -0.362. The Morgan fingerprint density at radius 2 is 2.20 bits per heavy atom. The van der Waals surface area contributed by atoms with Gasteiger partial charge in [-0.1, -0.05) is 24.3 Å². The number of aryl methyl sites for hydroxylation is 1. The van der Waals surface area contributed by atoms with Crippen LogP contribution in [-0.2, 0) is 4.74 Å². The molecule has 5 heteroatoms. The predicted molar refractivity (Wildman–Crippen MR) is 76.6 cm³/mol. The third-order valence-electron chi connectivity index (χ3n) is 3.20. The molecule has 1 aromatic carbocycles. The van der Waals surface area contributed by atoms with Crippen LogP contribution in [-0.4, -0.2) is 28.9 Å². The van der Waals surface area contributed by atoms with E-state index in [0.717, 1.165) is 11.1 Å². The van der Waals surface area contributed by atoms with Crippen molar-refractivity contribution in [2.75, 3.05) is 13.2 Å². The zero-order valence-electron chi connectivity index (χ0n) is 11.7. The van der Waals surface area contributed by atoms with Crippen LogP contribution < -0.4 is 5.73 Å². The smallest absolute Gasteiger partial charge is 0.341 e.